The van der Waals surface area contributed by atoms with Crippen LogP contribution in [0.15, 0.2) is 39.9 Å². The highest BCUT2D eigenvalue weighted by molar-refractivity contribution is 8.02. The normalized spacial score (nSPS) is 26.1. The van der Waals surface area contributed by atoms with Crippen molar-refractivity contribution in [3.63, 3.8) is 0 Å². The molecule has 0 bridgehead atoms. The smallest absolute Gasteiger partial charge is 0.342 e. The monoisotopic (exact) mass is 318 g/mol. The minimum absolute atomic E-state index is 0.0258. The van der Waals surface area contributed by atoms with E-state index >= 15 is 0 Å². The second-order valence-corrected chi connectivity index (χ2v) is 5.75. The van der Waals surface area contributed by atoms with Crippen molar-refractivity contribution >= 4 is 35.3 Å². The number of amidine groups is 1. The predicted molar refractivity (Wildman–Crippen MR) is 82.1 cm³/mol. The molecule has 1 amide bonds. The summed E-state index contributed by atoms with van der Waals surface area (Å²) in [7, 11) is 0. The molecular formula is C15H14N2O4S. The topological polar surface area (TPSA) is 76.0 Å². The molecule has 1 unspecified atom stereocenters. The number of rotatable bonds is 3. The first-order valence-electron chi connectivity index (χ1n) is 6.82. The first-order chi connectivity index (χ1) is 10.6. The molecule has 1 atom stereocenters. The van der Waals surface area contributed by atoms with Crippen LogP contribution in [0.4, 0.5) is 0 Å². The van der Waals surface area contributed by atoms with Gasteiger partial charge in [-0.3, -0.25) is 9.59 Å². The van der Waals surface area contributed by atoms with Gasteiger partial charge in [-0.1, -0.05) is 6.08 Å². The summed E-state index contributed by atoms with van der Waals surface area (Å²) in [6.45, 7) is 1.85. The summed E-state index contributed by atoms with van der Waals surface area (Å²) >= 11 is 1.22. The Labute approximate surface area is 131 Å². The molecule has 0 radical (unpaired) electrons. The number of thioether (sulfide) groups is 1. The molecule has 0 saturated heterocycles. The maximum absolute atomic E-state index is 12.6. The van der Waals surface area contributed by atoms with Crippen molar-refractivity contribution in [1.82, 2.24) is 4.90 Å². The quantitative estimate of drug-likeness (QED) is 0.575. The van der Waals surface area contributed by atoms with Crippen molar-refractivity contribution in [2.75, 3.05) is 12.9 Å². The van der Waals surface area contributed by atoms with E-state index in [4.69, 9.17) is 4.74 Å². The zero-order valence-corrected chi connectivity index (χ0v) is 13.0. The van der Waals surface area contributed by atoms with E-state index in [2.05, 4.69) is 4.99 Å². The summed E-state index contributed by atoms with van der Waals surface area (Å²) in [6.07, 6.45) is 8.60. The minimum atomic E-state index is -1.23. The van der Waals surface area contributed by atoms with Crippen molar-refractivity contribution < 1.29 is 19.1 Å². The van der Waals surface area contributed by atoms with Gasteiger partial charge in [0, 0.05) is 17.5 Å². The SMILES string of the molecule is CCOC(=O)C1=C(SC)C2(CC1=O)C(=O)N=C1C=CC=CN12. The Morgan fingerprint density at radius 1 is 1.45 bits per heavy atom. The molecule has 0 aromatic heterocycles. The summed E-state index contributed by atoms with van der Waals surface area (Å²) < 4.78 is 4.97. The van der Waals surface area contributed by atoms with Gasteiger partial charge in [-0.25, -0.2) is 4.79 Å². The van der Waals surface area contributed by atoms with Crippen molar-refractivity contribution in [1.29, 1.82) is 0 Å². The van der Waals surface area contributed by atoms with E-state index in [1.807, 2.05) is 0 Å². The largest absolute Gasteiger partial charge is 0.462 e. The number of ketones is 1. The first kappa shape index (κ1) is 14.8. The van der Waals surface area contributed by atoms with Crippen molar-refractivity contribution in [2.24, 2.45) is 4.99 Å². The number of allylic oxidation sites excluding steroid dienone is 2. The van der Waals surface area contributed by atoms with Crippen LogP contribution in [0.3, 0.4) is 0 Å². The van der Waals surface area contributed by atoms with Gasteiger partial charge in [0.15, 0.2) is 11.3 Å². The fourth-order valence-corrected chi connectivity index (χ4v) is 3.93. The van der Waals surface area contributed by atoms with Gasteiger partial charge in [0.1, 0.15) is 11.4 Å². The average Bonchev–Trinajstić information content (AvgIpc) is 2.95. The lowest BCUT2D eigenvalue weighted by atomic mass is 9.96. The molecule has 3 rings (SSSR count). The van der Waals surface area contributed by atoms with E-state index in [9.17, 15) is 14.4 Å². The number of ether oxygens (including phenoxy) is 1. The molecular weight excluding hydrogens is 304 g/mol. The molecule has 0 aromatic carbocycles. The van der Waals surface area contributed by atoms with Gasteiger partial charge >= 0.3 is 5.97 Å². The van der Waals surface area contributed by atoms with Gasteiger partial charge in [0.2, 0.25) is 0 Å². The fraction of sp³-hybridized carbons (Fsp3) is 0.333. The Morgan fingerprint density at radius 2 is 2.23 bits per heavy atom. The minimum Gasteiger partial charge on any atom is -0.462 e. The summed E-state index contributed by atoms with van der Waals surface area (Å²) in [4.78, 5) is 43.2. The maximum Gasteiger partial charge on any atom is 0.342 e. The molecule has 114 valence electrons. The van der Waals surface area contributed by atoms with Crippen molar-refractivity contribution in [3.8, 4) is 0 Å². The summed E-state index contributed by atoms with van der Waals surface area (Å²) in [5.74, 6) is -0.991. The second-order valence-electron chi connectivity index (χ2n) is 4.93. The summed E-state index contributed by atoms with van der Waals surface area (Å²) in [5.41, 5.74) is -1.25. The Hall–Kier alpha value is -2.15. The highest BCUT2D eigenvalue weighted by Gasteiger charge is 2.59. The van der Waals surface area contributed by atoms with E-state index in [1.165, 1.54) is 11.8 Å². The number of nitrogens with zero attached hydrogens (tertiary/aromatic N) is 2. The fourth-order valence-electron chi connectivity index (χ4n) is 2.93. The van der Waals surface area contributed by atoms with Crippen LogP contribution in [-0.2, 0) is 19.1 Å². The molecule has 2 heterocycles. The van der Waals surface area contributed by atoms with E-state index < -0.39 is 17.4 Å². The number of hydrogen-bond donors (Lipinski definition) is 0. The van der Waals surface area contributed by atoms with Crippen LogP contribution in [0.2, 0.25) is 0 Å². The van der Waals surface area contributed by atoms with Crippen molar-refractivity contribution in [2.45, 2.75) is 18.9 Å². The summed E-state index contributed by atoms with van der Waals surface area (Å²) in [5, 5.41) is 0. The third-order valence-electron chi connectivity index (χ3n) is 3.80. The van der Waals surface area contributed by atoms with Gasteiger partial charge < -0.3 is 9.64 Å². The molecule has 7 heteroatoms. The van der Waals surface area contributed by atoms with Crippen LogP contribution < -0.4 is 0 Å². The van der Waals surface area contributed by atoms with Crippen molar-refractivity contribution in [3.05, 3.63) is 34.9 Å². The Bertz CT molecular complexity index is 704. The van der Waals surface area contributed by atoms with Crippen LogP contribution in [-0.4, -0.2) is 46.8 Å². The van der Waals surface area contributed by atoms with Crippen LogP contribution >= 0.6 is 11.8 Å². The molecule has 2 aliphatic heterocycles. The summed E-state index contributed by atoms with van der Waals surface area (Å²) in [6, 6.07) is 0. The van der Waals surface area contributed by atoms with Gasteiger partial charge in [0.25, 0.3) is 5.91 Å². The van der Waals surface area contributed by atoms with Crippen LogP contribution in [0.5, 0.6) is 0 Å². The molecule has 0 fully saturated rings. The molecule has 0 N–H and O–H groups in total. The Morgan fingerprint density at radius 3 is 2.91 bits per heavy atom. The first-order valence-corrected chi connectivity index (χ1v) is 8.05. The van der Waals surface area contributed by atoms with E-state index in [0.29, 0.717) is 10.7 Å². The maximum atomic E-state index is 12.6. The highest BCUT2D eigenvalue weighted by Crippen LogP contribution is 2.48. The number of esters is 1. The van der Waals surface area contributed by atoms with Crippen LogP contribution in [0.1, 0.15) is 13.3 Å². The number of aliphatic imine (C=N–C) groups is 1. The lowest BCUT2D eigenvalue weighted by Gasteiger charge is -2.34. The van der Waals surface area contributed by atoms with E-state index in [-0.39, 0.29) is 24.4 Å². The number of fused-ring (bicyclic) bond motifs is 2. The zero-order chi connectivity index (χ0) is 15.9. The number of amides is 1. The lowest BCUT2D eigenvalue weighted by molar-refractivity contribution is -0.140. The van der Waals surface area contributed by atoms with E-state index in [1.54, 1.807) is 42.5 Å². The van der Waals surface area contributed by atoms with E-state index in [0.717, 1.165) is 0 Å². The number of carbonyl (C=O) groups excluding carboxylic acids is 3. The third-order valence-corrected chi connectivity index (χ3v) is 4.75. The average molecular weight is 318 g/mol. The number of carbonyl (C=O) groups is 3. The lowest BCUT2D eigenvalue weighted by Crippen LogP contribution is -2.48. The molecule has 0 saturated carbocycles. The molecule has 1 spiro atoms. The van der Waals surface area contributed by atoms with Gasteiger partial charge in [-0.15, -0.1) is 11.8 Å². The highest BCUT2D eigenvalue weighted by atomic mass is 32.2. The number of Topliss-reactive ketones (excluding diaryl/α,β-unsaturated/α-hetero) is 1. The zero-order valence-electron chi connectivity index (χ0n) is 12.2. The molecule has 6 nitrogen and oxygen atoms in total. The Kier molecular flexibility index (Phi) is 3.52. The molecule has 1 aliphatic carbocycles. The predicted octanol–water partition coefficient (Wildman–Crippen LogP) is 1.20. The van der Waals surface area contributed by atoms with Gasteiger partial charge in [0.05, 0.1) is 6.61 Å². The van der Waals surface area contributed by atoms with Crippen LogP contribution in [0.25, 0.3) is 0 Å². The standard InChI is InChI=1S/C15H14N2O4S/c1-3-21-13(19)11-9(18)8-15(12(11)22-2)14(20)16-10-6-4-5-7-17(10)15/h4-7H,3,8H2,1-2H3. The van der Waals surface area contributed by atoms with Gasteiger partial charge in [-0.2, -0.15) is 4.99 Å². The number of hydrogen-bond acceptors (Lipinski definition) is 6. The van der Waals surface area contributed by atoms with Crippen LogP contribution in [0, 0.1) is 0 Å². The molecule has 22 heavy (non-hydrogen) atoms. The molecule has 3 aliphatic rings. The Balaban J connectivity index is 2.14. The second kappa shape index (κ2) is 5.24. The third kappa shape index (κ3) is 1.81. The van der Waals surface area contributed by atoms with Gasteiger partial charge in [-0.05, 0) is 25.3 Å². The molecule has 0 aromatic rings.